The third-order valence-electron chi connectivity index (χ3n) is 11.7. The van der Waals surface area contributed by atoms with Crippen molar-refractivity contribution in [2.24, 2.45) is 37.3 Å². The van der Waals surface area contributed by atoms with Gasteiger partial charge in [0, 0.05) is 50.9 Å². The number of carbonyl (C=O) groups excluding carboxylic acids is 1. The lowest BCUT2D eigenvalue weighted by Crippen LogP contribution is -2.70. The number of hydrogen-bond acceptors (Lipinski definition) is 5. The summed E-state index contributed by atoms with van der Waals surface area (Å²) in [4.78, 5) is 44.0. The van der Waals surface area contributed by atoms with E-state index in [9.17, 15) is 19.5 Å². The van der Waals surface area contributed by atoms with Gasteiger partial charge in [-0.15, -0.1) is 0 Å². The Balaban J connectivity index is 1.24. The molecule has 6 aliphatic rings. The van der Waals surface area contributed by atoms with Crippen LogP contribution in [0.15, 0.2) is 34.0 Å². The number of amides is 1. The van der Waals surface area contributed by atoms with Crippen LogP contribution < -0.4 is 11.2 Å². The number of benzene rings is 1. The average molecular weight is 517 g/mol. The van der Waals surface area contributed by atoms with Crippen LogP contribution in [-0.4, -0.2) is 61.7 Å². The molecule has 2 aromatic rings. The SMILES string of the molecule is Cn1cc(C(=O)N2C[C@H]3C[C@@]45CCC2C3C42CCN(CC3CC3)C5Cc3ccc(O)cc32)c(=O)n(C)c1=O. The Morgan fingerprint density at radius 1 is 1.13 bits per heavy atom. The summed E-state index contributed by atoms with van der Waals surface area (Å²) in [6, 6.07) is 6.66. The number of likely N-dealkylation sites (tertiary alicyclic amines) is 2. The predicted octanol–water partition coefficient (Wildman–Crippen LogP) is 2.01. The molecule has 200 valence electrons. The zero-order valence-electron chi connectivity index (χ0n) is 22.2. The van der Waals surface area contributed by atoms with Crippen molar-refractivity contribution in [3.63, 3.8) is 0 Å². The van der Waals surface area contributed by atoms with Crippen LogP contribution in [0.3, 0.4) is 0 Å². The van der Waals surface area contributed by atoms with E-state index in [0.717, 1.165) is 49.1 Å². The predicted molar refractivity (Wildman–Crippen MR) is 141 cm³/mol. The lowest BCUT2D eigenvalue weighted by atomic mass is 9.43. The highest BCUT2D eigenvalue weighted by molar-refractivity contribution is 5.94. The van der Waals surface area contributed by atoms with Crippen molar-refractivity contribution in [2.45, 2.75) is 62.4 Å². The third-order valence-corrected chi connectivity index (χ3v) is 11.7. The molecule has 1 amide bonds. The Bertz CT molecular complexity index is 1510. The first-order valence-corrected chi connectivity index (χ1v) is 14.4. The molecule has 8 heteroatoms. The number of hydrogen-bond donors (Lipinski definition) is 1. The van der Waals surface area contributed by atoms with E-state index in [1.165, 1.54) is 48.3 Å². The number of aromatic nitrogens is 2. The molecular formula is C30H36N4O4. The van der Waals surface area contributed by atoms with Crippen molar-refractivity contribution < 1.29 is 9.90 Å². The number of aromatic hydroxyl groups is 1. The zero-order chi connectivity index (χ0) is 26.1. The van der Waals surface area contributed by atoms with Gasteiger partial charge in [0.25, 0.3) is 11.5 Å². The maximum Gasteiger partial charge on any atom is 0.330 e. The van der Waals surface area contributed by atoms with Crippen molar-refractivity contribution >= 4 is 5.91 Å². The highest BCUT2D eigenvalue weighted by Crippen LogP contribution is 2.75. The van der Waals surface area contributed by atoms with Crippen LogP contribution in [0.5, 0.6) is 5.75 Å². The highest BCUT2D eigenvalue weighted by Gasteiger charge is 2.76. The summed E-state index contributed by atoms with van der Waals surface area (Å²) in [5, 5.41) is 10.6. The molecule has 8 rings (SSSR count). The number of fused-ring (bicyclic) bond motifs is 1. The third kappa shape index (κ3) is 2.67. The fourth-order valence-electron chi connectivity index (χ4n) is 10.3. The molecule has 3 heterocycles. The van der Waals surface area contributed by atoms with Gasteiger partial charge < -0.3 is 14.6 Å². The van der Waals surface area contributed by atoms with Crippen molar-refractivity contribution in [3.05, 3.63) is 61.9 Å². The van der Waals surface area contributed by atoms with E-state index in [4.69, 9.17) is 0 Å². The molecule has 2 aliphatic heterocycles. The number of piperidine rings is 1. The largest absolute Gasteiger partial charge is 0.508 e. The van der Waals surface area contributed by atoms with Gasteiger partial charge in [0.05, 0.1) is 0 Å². The minimum atomic E-state index is -0.514. The van der Waals surface area contributed by atoms with Crippen LogP contribution in [0.4, 0.5) is 0 Å². The second-order valence-corrected chi connectivity index (χ2v) is 13.2. The van der Waals surface area contributed by atoms with Crippen LogP contribution in [-0.2, 0) is 25.9 Å². The van der Waals surface area contributed by atoms with Gasteiger partial charge in [-0.25, -0.2) is 4.79 Å². The van der Waals surface area contributed by atoms with Gasteiger partial charge in [0.2, 0.25) is 0 Å². The lowest BCUT2D eigenvalue weighted by molar-refractivity contribution is -0.102. The summed E-state index contributed by atoms with van der Waals surface area (Å²) in [6.07, 6.45) is 9.45. The van der Waals surface area contributed by atoms with Crippen LogP contribution >= 0.6 is 0 Å². The van der Waals surface area contributed by atoms with Gasteiger partial charge in [-0.1, -0.05) is 6.07 Å². The van der Waals surface area contributed by atoms with E-state index in [1.54, 1.807) is 7.05 Å². The Morgan fingerprint density at radius 2 is 1.95 bits per heavy atom. The van der Waals surface area contributed by atoms with E-state index < -0.39 is 11.2 Å². The molecule has 0 spiro atoms. The molecule has 6 atom stereocenters. The van der Waals surface area contributed by atoms with Crippen LogP contribution in [0.2, 0.25) is 0 Å². The second kappa shape index (κ2) is 7.40. The molecule has 4 aliphatic carbocycles. The summed E-state index contributed by atoms with van der Waals surface area (Å²) in [7, 11) is 3.03. The average Bonchev–Trinajstić information content (AvgIpc) is 3.59. The summed E-state index contributed by atoms with van der Waals surface area (Å²) < 4.78 is 2.37. The van der Waals surface area contributed by atoms with Crippen LogP contribution in [0, 0.1) is 23.2 Å². The van der Waals surface area contributed by atoms with E-state index in [2.05, 4.69) is 17.0 Å². The molecule has 5 fully saturated rings. The first kappa shape index (κ1) is 23.1. The molecule has 4 unspecified atom stereocenters. The molecular weight excluding hydrogens is 480 g/mol. The van der Waals surface area contributed by atoms with Crippen molar-refractivity contribution in [2.75, 3.05) is 19.6 Å². The summed E-state index contributed by atoms with van der Waals surface area (Å²) in [5.41, 5.74) is 2.01. The molecule has 1 aromatic heterocycles. The Hall–Kier alpha value is -2.87. The molecule has 1 aromatic carbocycles. The normalized spacial score (nSPS) is 36.7. The summed E-state index contributed by atoms with van der Waals surface area (Å²) in [6.45, 7) is 2.98. The van der Waals surface area contributed by atoms with Crippen LogP contribution in [0.1, 0.15) is 60.0 Å². The topological polar surface area (TPSA) is 87.8 Å². The fourth-order valence-corrected chi connectivity index (χ4v) is 10.3. The van der Waals surface area contributed by atoms with E-state index in [1.807, 2.05) is 11.0 Å². The minimum Gasteiger partial charge on any atom is -0.508 e. The second-order valence-electron chi connectivity index (χ2n) is 13.2. The summed E-state index contributed by atoms with van der Waals surface area (Å²) >= 11 is 0. The van der Waals surface area contributed by atoms with Gasteiger partial charge in [-0.3, -0.25) is 19.1 Å². The molecule has 4 bridgehead atoms. The molecule has 2 saturated heterocycles. The first-order chi connectivity index (χ1) is 18.2. The fraction of sp³-hybridized carbons (Fsp3) is 0.633. The molecule has 38 heavy (non-hydrogen) atoms. The number of rotatable bonds is 3. The van der Waals surface area contributed by atoms with Crippen molar-refractivity contribution in [1.29, 1.82) is 0 Å². The van der Waals surface area contributed by atoms with Crippen molar-refractivity contribution in [3.8, 4) is 5.75 Å². The molecule has 8 nitrogen and oxygen atoms in total. The van der Waals surface area contributed by atoms with Crippen LogP contribution in [0.25, 0.3) is 0 Å². The first-order valence-electron chi connectivity index (χ1n) is 14.4. The van der Waals surface area contributed by atoms with Gasteiger partial charge >= 0.3 is 5.69 Å². The molecule has 3 saturated carbocycles. The lowest BCUT2D eigenvalue weighted by Gasteiger charge is -2.66. The highest BCUT2D eigenvalue weighted by atomic mass is 16.3. The van der Waals surface area contributed by atoms with Gasteiger partial charge in [0.15, 0.2) is 0 Å². The Morgan fingerprint density at radius 3 is 2.74 bits per heavy atom. The number of phenols is 1. The molecule has 1 N–H and O–H groups in total. The van der Waals surface area contributed by atoms with E-state index in [-0.39, 0.29) is 28.3 Å². The summed E-state index contributed by atoms with van der Waals surface area (Å²) in [5.74, 6) is 1.68. The Kier molecular flexibility index (Phi) is 4.49. The number of nitrogens with zero attached hydrogens (tertiary/aromatic N) is 4. The number of phenolic OH excluding ortho intramolecular Hbond substituents is 1. The van der Waals surface area contributed by atoms with Gasteiger partial charge in [-0.05, 0) is 97.9 Å². The molecule has 0 radical (unpaired) electrons. The maximum absolute atomic E-state index is 14.0. The number of carbonyl (C=O) groups is 1. The number of aryl methyl sites for hydroxylation is 1. The van der Waals surface area contributed by atoms with Crippen molar-refractivity contribution in [1.82, 2.24) is 18.9 Å². The van der Waals surface area contributed by atoms with E-state index >= 15 is 0 Å². The van der Waals surface area contributed by atoms with E-state index in [0.29, 0.717) is 30.2 Å². The Labute approximate surface area is 221 Å². The quantitative estimate of drug-likeness (QED) is 0.675. The monoisotopic (exact) mass is 516 g/mol. The zero-order valence-corrected chi connectivity index (χ0v) is 22.2. The smallest absolute Gasteiger partial charge is 0.330 e. The van der Waals surface area contributed by atoms with Gasteiger partial charge in [-0.2, -0.15) is 0 Å². The maximum atomic E-state index is 14.0. The minimum absolute atomic E-state index is 0.0405. The standard InChI is InChI=1S/C30H36N4O4/c1-31-16-21(26(36)32(2)28(31)38)27(37)34-15-19-13-29-8-7-23(34)25(19)30(29)9-10-33(14-17-3-4-17)24(29)11-18-5-6-20(35)12-22(18)30/h5-6,12,16-17,19,23-25,35H,3-4,7-11,13-15H2,1-2H3/t19-,23?,24?,25?,29-,30?/m1/s1. The van der Waals surface area contributed by atoms with Gasteiger partial charge in [0.1, 0.15) is 11.3 Å².